The Bertz CT molecular complexity index is 517. The van der Waals surface area contributed by atoms with Gasteiger partial charge in [0.1, 0.15) is 5.69 Å². The fourth-order valence-electron chi connectivity index (χ4n) is 1.67. The predicted molar refractivity (Wildman–Crippen MR) is 75.4 cm³/mol. The SMILES string of the molecule is CCOC(=O)/C=C(\C)Nc1cc(C(=O)OCC)n(C)c1. The van der Waals surface area contributed by atoms with Crippen LogP contribution in [0.1, 0.15) is 31.3 Å². The number of ether oxygens (including phenoxy) is 2. The number of carbonyl (C=O) groups excluding carboxylic acids is 2. The topological polar surface area (TPSA) is 69.6 Å². The van der Waals surface area contributed by atoms with E-state index in [0.29, 0.717) is 30.3 Å². The van der Waals surface area contributed by atoms with E-state index < -0.39 is 5.97 Å². The number of aryl methyl sites for hydroxylation is 1. The van der Waals surface area contributed by atoms with Crippen molar-refractivity contribution in [3.8, 4) is 0 Å². The van der Waals surface area contributed by atoms with Crippen LogP contribution in [0, 0.1) is 0 Å². The van der Waals surface area contributed by atoms with Crippen LogP contribution >= 0.6 is 0 Å². The zero-order chi connectivity index (χ0) is 15.1. The van der Waals surface area contributed by atoms with E-state index in [9.17, 15) is 9.59 Å². The second-order valence-electron chi connectivity index (χ2n) is 4.15. The first-order valence-corrected chi connectivity index (χ1v) is 6.43. The standard InChI is InChI=1S/C14H20N2O4/c1-5-19-13(17)7-10(3)15-11-8-12(16(4)9-11)14(18)20-6-2/h7-9,15H,5-6H2,1-4H3/b10-7+. The Labute approximate surface area is 118 Å². The molecule has 0 saturated heterocycles. The van der Waals surface area contributed by atoms with Crippen molar-refractivity contribution in [2.75, 3.05) is 18.5 Å². The van der Waals surface area contributed by atoms with Crippen LogP contribution in [0.4, 0.5) is 5.69 Å². The van der Waals surface area contributed by atoms with Gasteiger partial charge >= 0.3 is 11.9 Å². The van der Waals surface area contributed by atoms with Crippen molar-refractivity contribution in [2.24, 2.45) is 7.05 Å². The predicted octanol–water partition coefficient (Wildman–Crippen LogP) is 2.08. The third-order valence-electron chi connectivity index (χ3n) is 2.45. The van der Waals surface area contributed by atoms with Gasteiger partial charge in [0.05, 0.1) is 18.9 Å². The Balaban J connectivity index is 2.77. The molecule has 1 rings (SSSR count). The van der Waals surface area contributed by atoms with Crippen LogP contribution in [0.15, 0.2) is 24.0 Å². The third kappa shape index (κ3) is 4.46. The molecule has 0 saturated carbocycles. The van der Waals surface area contributed by atoms with Crippen LogP contribution in [0.5, 0.6) is 0 Å². The summed E-state index contributed by atoms with van der Waals surface area (Å²) in [6, 6.07) is 1.67. The molecule has 20 heavy (non-hydrogen) atoms. The van der Waals surface area contributed by atoms with Crippen molar-refractivity contribution in [3.63, 3.8) is 0 Å². The number of aromatic nitrogens is 1. The maximum absolute atomic E-state index is 11.7. The lowest BCUT2D eigenvalue weighted by molar-refractivity contribution is -0.137. The molecule has 0 unspecified atom stereocenters. The first-order valence-electron chi connectivity index (χ1n) is 6.43. The molecule has 0 radical (unpaired) electrons. The minimum Gasteiger partial charge on any atom is -0.463 e. The number of esters is 2. The van der Waals surface area contributed by atoms with E-state index in [4.69, 9.17) is 9.47 Å². The molecule has 1 N–H and O–H groups in total. The van der Waals surface area contributed by atoms with E-state index in [0.717, 1.165) is 0 Å². The molecule has 6 nitrogen and oxygen atoms in total. The van der Waals surface area contributed by atoms with Crippen molar-refractivity contribution < 1.29 is 19.1 Å². The van der Waals surface area contributed by atoms with E-state index >= 15 is 0 Å². The van der Waals surface area contributed by atoms with Gasteiger partial charge in [-0.15, -0.1) is 0 Å². The Morgan fingerprint density at radius 3 is 2.55 bits per heavy atom. The van der Waals surface area contributed by atoms with E-state index in [1.807, 2.05) is 0 Å². The Morgan fingerprint density at radius 1 is 1.30 bits per heavy atom. The molecule has 110 valence electrons. The minimum atomic E-state index is -0.404. The molecular formula is C14H20N2O4. The molecule has 0 fully saturated rings. The van der Waals surface area contributed by atoms with Crippen molar-refractivity contribution in [3.05, 3.63) is 29.7 Å². The van der Waals surface area contributed by atoms with E-state index in [-0.39, 0.29) is 5.97 Å². The average Bonchev–Trinajstić information content (AvgIpc) is 2.70. The first kappa shape index (κ1) is 15.8. The van der Waals surface area contributed by atoms with Crippen LogP contribution in [0.25, 0.3) is 0 Å². The molecule has 6 heteroatoms. The fourth-order valence-corrected chi connectivity index (χ4v) is 1.67. The van der Waals surface area contributed by atoms with Gasteiger partial charge < -0.3 is 19.4 Å². The van der Waals surface area contributed by atoms with Gasteiger partial charge in [0.2, 0.25) is 0 Å². The summed E-state index contributed by atoms with van der Waals surface area (Å²) in [6.45, 7) is 5.91. The second kappa shape index (κ2) is 7.37. The summed E-state index contributed by atoms with van der Waals surface area (Å²) < 4.78 is 11.4. The highest BCUT2D eigenvalue weighted by molar-refractivity contribution is 5.89. The molecule has 0 aliphatic rings. The number of rotatable bonds is 6. The Hall–Kier alpha value is -2.24. The van der Waals surface area contributed by atoms with Gasteiger partial charge in [-0.3, -0.25) is 0 Å². The molecule has 0 atom stereocenters. The molecule has 1 heterocycles. The molecule has 1 aromatic rings. The molecule has 0 amide bonds. The zero-order valence-electron chi connectivity index (χ0n) is 12.2. The van der Waals surface area contributed by atoms with Crippen LogP contribution < -0.4 is 5.32 Å². The van der Waals surface area contributed by atoms with Crippen LogP contribution in [-0.4, -0.2) is 29.7 Å². The van der Waals surface area contributed by atoms with E-state index in [2.05, 4.69) is 5.32 Å². The van der Waals surface area contributed by atoms with Crippen LogP contribution in [0.3, 0.4) is 0 Å². The average molecular weight is 280 g/mol. The number of allylic oxidation sites excluding steroid dienone is 1. The van der Waals surface area contributed by atoms with Crippen LogP contribution in [-0.2, 0) is 21.3 Å². The largest absolute Gasteiger partial charge is 0.463 e. The van der Waals surface area contributed by atoms with Gasteiger partial charge in [-0.1, -0.05) is 0 Å². The lowest BCUT2D eigenvalue weighted by Crippen LogP contribution is -2.08. The maximum Gasteiger partial charge on any atom is 0.355 e. The number of hydrogen-bond acceptors (Lipinski definition) is 5. The fraction of sp³-hybridized carbons (Fsp3) is 0.429. The van der Waals surface area contributed by atoms with Gasteiger partial charge in [-0.2, -0.15) is 0 Å². The second-order valence-corrected chi connectivity index (χ2v) is 4.15. The summed E-state index contributed by atoms with van der Waals surface area (Å²) >= 11 is 0. The summed E-state index contributed by atoms with van der Waals surface area (Å²) in [4.78, 5) is 23.0. The summed E-state index contributed by atoms with van der Waals surface area (Å²) in [5.74, 6) is -0.783. The summed E-state index contributed by atoms with van der Waals surface area (Å²) in [5.41, 5.74) is 1.77. The highest BCUT2D eigenvalue weighted by atomic mass is 16.5. The van der Waals surface area contributed by atoms with Gasteiger partial charge in [0, 0.05) is 25.0 Å². The monoisotopic (exact) mass is 280 g/mol. The molecule has 0 aromatic carbocycles. The number of hydrogen-bond donors (Lipinski definition) is 1. The van der Waals surface area contributed by atoms with Gasteiger partial charge in [-0.05, 0) is 26.8 Å². The van der Waals surface area contributed by atoms with E-state index in [1.54, 1.807) is 44.6 Å². The first-order chi connectivity index (χ1) is 9.47. The zero-order valence-corrected chi connectivity index (χ0v) is 12.2. The molecule has 0 aliphatic carbocycles. The van der Waals surface area contributed by atoms with Crippen molar-refractivity contribution >= 4 is 17.6 Å². The lowest BCUT2D eigenvalue weighted by atomic mass is 10.3. The molecular weight excluding hydrogens is 260 g/mol. The highest BCUT2D eigenvalue weighted by Crippen LogP contribution is 2.15. The third-order valence-corrected chi connectivity index (χ3v) is 2.45. The molecule has 0 spiro atoms. The van der Waals surface area contributed by atoms with E-state index in [1.165, 1.54) is 6.08 Å². The molecule has 0 aliphatic heterocycles. The van der Waals surface area contributed by atoms with Crippen molar-refractivity contribution in [1.82, 2.24) is 4.57 Å². The van der Waals surface area contributed by atoms with Crippen molar-refractivity contribution in [2.45, 2.75) is 20.8 Å². The smallest absolute Gasteiger partial charge is 0.355 e. The number of carbonyl (C=O) groups is 2. The summed E-state index contributed by atoms with van der Waals surface area (Å²) in [7, 11) is 1.75. The number of anilines is 1. The molecule has 1 aromatic heterocycles. The molecule has 0 bridgehead atoms. The van der Waals surface area contributed by atoms with Gasteiger partial charge in [0.15, 0.2) is 0 Å². The Morgan fingerprint density at radius 2 is 1.95 bits per heavy atom. The summed E-state index contributed by atoms with van der Waals surface area (Å²) in [5, 5.41) is 3.02. The quantitative estimate of drug-likeness (QED) is 0.638. The minimum absolute atomic E-state index is 0.328. The van der Waals surface area contributed by atoms with Crippen molar-refractivity contribution in [1.29, 1.82) is 0 Å². The maximum atomic E-state index is 11.7. The highest BCUT2D eigenvalue weighted by Gasteiger charge is 2.12. The lowest BCUT2D eigenvalue weighted by Gasteiger charge is -2.03. The van der Waals surface area contributed by atoms with Crippen LogP contribution in [0.2, 0.25) is 0 Å². The van der Waals surface area contributed by atoms with Gasteiger partial charge in [-0.25, -0.2) is 9.59 Å². The number of nitrogens with one attached hydrogen (secondary N) is 1. The normalized spacial score (nSPS) is 11.1. The summed E-state index contributed by atoms with van der Waals surface area (Å²) in [6.07, 6.45) is 3.11. The Kier molecular flexibility index (Phi) is 5.83. The van der Waals surface area contributed by atoms with Gasteiger partial charge in [0.25, 0.3) is 0 Å². The number of nitrogens with zero attached hydrogens (tertiary/aromatic N) is 1.